The van der Waals surface area contributed by atoms with Gasteiger partial charge in [0.25, 0.3) is 0 Å². The van der Waals surface area contributed by atoms with Crippen LogP contribution in [0.3, 0.4) is 0 Å². The summed E-state index contributed by atoms with van der Waals surface area (Å²) in [6.07, 6.45) is 0. The highest BCUT2D eigenvalue weighted by Crippen LogP contribution is 2.27. The van der Waals surface area contributed by atoms with Gasteiger partial charge in [0, 0.05) is 6.54 Å². The molecular weight excluding hydrogens is 226 g/mol. The third kappa shape index (κ3) is 1.89. The van der Waals surface area contributed by atoms with Crippen molar-refractivity contribution in [2.45, 2.75) is 13.5 Å². The van der Waals surface area contributed by atoms with Gasteiger partial charge in [-0.3, -0.25) is 4.79 Å². The van der Waals surface area contributed by atoms with Gasteiger partial charge >= 0.3 is 0 Å². The second-order valence-electron chi connectivity index (χ2n) is 2.17. The van der Waals surface area contributed by atoms with Gasteiger partial charge in [-0.2, -0.15) is 0 Å². The normalized spacial score (nSPS) is 10.1. The zero-order valence-corrected chi connectivity index (χ0v) is 8.46. The van der Waals surface area contributed by atoms with Crippen LogP contribution in [0.2, 0.25) is 0 Å². The predicted octanol–water partition coefficient (Wildman–Crippen LogP) is 2.17. The molecule has 0 aliphatic rings. The largest absolute Gasteiger partial charge is 0.326 e. The molecule has 0 saturated carbocycles. The summed E-state index contributed by atoms with van der Waals surface area (Å²) < 4.78 is 0.963. The Kier molecular flexibility index (Phi) is 2.81. The average molecular weight is 234 g/mol. The van der Waals surface area contributed by atoms with Crippen molar-refractivity contribution in [1.29, 1.82) is 0 Å². The van der Waals surface area contributed by atoms with Gasteiger partial charge in [0.1, 0.15) is 0 Å². The first-order chi connectivity index (χ1) is 5.15. The summed E-state index contributed by atoms with van der Waals surface area (Å²) >= 11 is 4.77. The van der Waals surface area contributed by atoms with E-state index in [1.54, 1.807) is 6.92 Å². The lowest BCUT2D eigenvalue weighted by atomic mass is 10.3. The molecule has 0 radical (unpaired) electrons. The third-order valence-corrected chi connectivity index (χ3v) is 3.39. The van der Waals surface area contributed by atoms with E-state index in [0.29, 0.717) is 6.54 Å². The van der Waals surface area contributed by atoms with Crippen LogP contribution < -0.4 is 5.73 Å². The summed E-state index contributed by atoms with van der Waals surface area (Å²) in [4.78, 5) is 11.6. The zero-order valence-electron chi connectivity index (χ0n) is 6.06. The highest BCUT2D eigenvalue weighted by Gasteiger charge is 2.07. The molecule has 1 heterocycles. The van der Waals surface area contributed by atoms with Crippen LogP contribution in [-0.2, 0) is 6.54 Å². The van der Waals surface area contributed by atoms with E-state index in [-0.39, 0.29) is 5.78 Å². The van der Waals surface area contributed by atoms with Gasteiger partial charge in [0.2, 0.25) is 0 Å². The van der Waals surface area contributed by atoms with E-state index in [2.05, 4.69) is 15.9 Å². The Morgan fingerprint density at radius 1 is 1.82 bits per heavy atom. The van der Waals surface area contributed by atoms with Gasteiger partial charge < -0.3 is 5.73 Å². The number of hydrogen-bond donors (Lipinski definition) is 1. The van der Waals surface area contributed by atoms with Crippen molar-refractivity contribution in [2.75, 3.05) is 0 Å². The molecule has 0 bridgehead atoms. The van der Waals surface area contributed by atoms with Crippen molar-refractivity contribution in [3.63, 3.8) is 0 Å². The van der Waals surface area contributed by atoms with E-state index in [9.17, 15) is 4.79 Å². The first kappa shape index (κ1) is 8.90. The second kappa shape index (κ2) is 3.47. The second-order valence-corrected chi connectivity index (χ2v) is 4.54. The molecule has 11 heavy (non-hydrogen) atoms. The Bertz CT molecular complexity index is 282. The average Bonchev–Trinajstić information content (AvgIpc) is 2.31. The van der Waals surface area contributed by atoms with Crippen LogP contribution in [0.15, 0.2) is 9.85 Å². The van der Waals surface area contributed by atoms with E-state index >= 15 is 0 Å². The van der Waals surface area contributed by atoms with Gasteiger partial charge in [-0.1, -0.05) is 0 Å². The summed E-state index contributed by atoms with van der Waals surface area (Å²) in [7, 11) is 0. The molecule has 0 spiro atoms. The Balaban J connectivity index is 3.05. The minimum atomic E-state index is 0.0930. The molecule has 0 aliphatic heterocycles. The zero-order chi connectivity index (χ0) is 8.43. The molecule has 4 heteroatoms. The fraction of sp³-hybridized carbons (Fsp3) is 0.286. The smallest absolute Gasteiger partial charge is 0.169 e. The Hall–Kier alpha value is -0.190. The molecule has 2 N–H and O–H groups in total. The number of hydrogen-bond acceptors (Lipinski definition) is 3. The summed E-state index contributed by atoms with van der Waals surface area (Å²) in [5, 5.41) is 0. The minimum absolute atomic E-state index is 0.0930. The quantitative estimate of drug-likeness (QED) is 0.797. The van der Waals surface area contributed by atoms with Crippen LogP contribution in [-0.4, -0.2) is 5.78 Å². The Morgan fingerprint density at radius 2 is 2.45 bits per heavy atom. The summed E-state index contributed by atoms with van der Waals surface area (Å²) in [5.74, 6) is 0.0930. The highest BCUT2D eigenvalue weighted by molar-refractivity contribution is 9.11. The van der Waals surface area contributed by atoms with Crippen LogP contribution in [0.1, 0.15) is 22.2 Å². The monoisotopic (exact) mass is 233 g/mol. The topological polar surface area (TPSA) is 43.1 Å². The molecule has 0 unspecified atom stereocenters. The summed E-state index contributed by atoms with van der Waals surface area (Å²) in [6, 6.07) is 1.83. The number of rotatable bonds is 2. The van der Waals surface area contributed by atoms with Gasteiger partial charge in [-0.15, -0.1) is 11.3 Å². The molecule has 1 aromatic rings. The van der Waals surface area contributed by atoms with Crippen LogP contribution in [0.5, 0.6) is 0 Å². The molecule has 0 aromatic carbocycles. The van der Waals surface area contributed by atoms with E-state index in [4.69, 9.17) is 5.73 Å². The van der Waals surface area contributed by atoms with Crippen molar-refractivity contribution < 1.29 is 4.79 Å². The van der Waals surface area contributed by atoms with E-state index < -0.39 is 0 Å². The highest BCUT2D eigenvalue weighted by atomic mass is 79.9. The fourth-order valence-electron chi connectivity index (χ4n) is 0.719. The Morgan fingerprint density at radius 3 is 2.73 bits per heavy atom. The number of nitrogens with two attached hydrogens (primary N) is 1. The van der Waals surface area contributed by atoms with Gasteiger partial charge in [-0.05, 0) is 34.5 Å². The molecule has 0 saturated heterocycles. The molecule has 60 valence electrons. The van der Waals surface area contributed by atoms with Crippen molar-refractivity contribution >= 4 is 33.0 Å². The number of thiophene rings is 1. The van der Waals surface area contributed by atoms with Crippen LogP contribution in [0, 0.1) is 0 Å². The third-order valence-electron chi connectivity index (χ3n) is 1.32. The molecule has 2 nitrogen and oxygen atoms in total. The number of ketones is 1. The number of carbonyl (C=O) groups excluding carboxylic acids is 1. The molecule has 1 aromatic heterocycles. The van der Waals surface area contributed by atoms with Crippen LogP contribution >= 0.6 is 27.3 Å². The van der Waals surface area contributed by atoms with E-state index in [1.165, 1.54) is 11.3 Å². The molecular formula is C7H8BrNOS. The van der Waals surface area contributed by atoms with Crippen molar-refractivity contribution in [3.05, 3.63) is 20.3 Å². The summed E-state index contributed by atoms with van der Waals surface area (Å²) in [6.45, 7) is 2.03. The number of carbonyl (C=O) groups is 1. The van der Waals surface area contributed by atoms with E-state index in [1.807, 2.05) is 6.07 Å². The first-order valence-electron chi connectivity index (χ1n) is 3.14. The lowest BCUT2D eigenvalue weighted by Gasteiger charge is -1.86. The maximum absolute atomic E-state index is 10.9. The van der Waals surface area contributed by atoms with Crippen molar-refractivity contribution in [3.8, 4) is 0 Å². The first-order valence-corrected chi connectivity index (χ1v) is 4.75. The Labute approximate surface area is 77.5 Å². The maximum atomic E-state index is 10.9. The molecule has 0 amide bonds. The minimum Gasteiger partial charge on any atom is -0.326 e. The maximum Gasteiger partial charge on any atom is 0.169 e. The number of Topliss-reactive ketones (excluding diaryl/α,β-unsaturated/α-hetero) is 1. The lowest BCUT2D eigenvalue weighted by molar-refractivity contribution is 0.102. The van der Waals surface area contributed by atoms with Crippen LogP contribution in [0.25, 0.3) is 0 Å². The van der Waals surface area contributed by atoms with Crippen molar-refractivity contribution in [2.24, 2.45) is 5.73 Å². The lowest BCUT2D eigenvalue weighted by Crippen LogP contribution is -1.94. The molecule has 0 atom stereocenters. The molecule has 0 aliphatic carbocycles. The standard InChI is InChI=1S/C7H8BrNOS/c1-4(10)6-2-5(3-9)7(8)11-6/h2H,3,9H2,1H3. The summed E-state index contributed by atoms with van der Waals surface area (Å²) in [5.41, 5.74) is 6.43. The number of halogens is 1. The van der Waals surface area contributed by atoms with Gasteiger partial charge in [-0.25, -0.2) is 0 Å². The van der Waals surface area contributed by atoms with E-state index in [0.717, 1.165) is 14.2 Å². The van der Waals surface area contributed by atoms with Crippen LogP contribution in [0.4, 0.5) is 0 Å². The SMILES string of the molecule is CC(=O)c1cc(CN)c(Br)s1. The predicted molar refractivity (Wildman–Crippen MR) is 49.9 cm³/mol. The van der Waals surface area contributed by atoms with Gasteiger partial charge in [0.15, 0.2) is 5.78 Å². The van der Waals surface area contributed by atoms with Crippen molar-refractivity contribution in [1.82, 2.24) is 0 Å². The fourth-order valence-corrected chi connectivity index (χ4v) is 2.33. The molecule has 1 rings (SSSR count). The van der Waals surface area contributed by atoms with Gasteiger partial charge in [0.05, 0.1) is 8.66 Å². The molecule has 0 fully saturated rings.